The predicted molar refractivity (Wildman–Crippen MR) is 62.7 cm³/mol. The lowest BCUT2D eigenvalue weighted by Gasteiger charge is -2.09. The van der Waals surface area contributed by atoms with Crippen LogP contribution in [-0.2, 0) is 0 Å². The first-order valence-corrected chi connectivity index (χ1v) is 4.83. The van der Waals surface area contributed by atoms with E-state index in [1.807, 2.05) is 37.3 Å². The zero-order valence-corrected chi connectivity index (χ0v) is 8.57. The topological polar surface area (TPSA) is 46.2 Å². The van der Waals surface area contributed by atoms with Crippen LogP contribution in [0.2, 0.25) is 0 Å². The van der Waals surface area contributed by atoms with Crippen molar-refractivity contribution in [1.29, 1.82) is 0 Å². The maximum atomic E-state index is 9.42. The Bertz CT molecular complexity index is 471. The van der Waals surface area contributed by atoms with Gasteiger partial charge in [-0.3, -0.25) is 0 Å². The van der Waals surface area contributed by atoms with Gasteiger partial charge in [-0.2, -0.15) is 0 Å². The van der Waals surface area contributed by atoms with Gasteiger partial charge in [0.05, 0.1) is 0 Å². The van der Waals surface area contributed by atoms with E-state index >= 15 is 0 Å². The van der Waals surface area contributed by atoms with Crippen LogP contribution in [0.25, 0.3) is 11.1 Å². The predicted octanol–water partition coefficient (Wildman–Crippen LogP) is 2.95. The number of phenolic OH excluding ortho intramolecular Hbond substituents is 1. The van der Waals surface area contributed by atoms with Crippen LogP contribution < -0.4 is 5.73 Å². The monoisotopic (exact) mass is 199 g/mol. The van der Waals surface area contributed by atoms with E-state index in [0.717, 1.165) is 22.4 Å². The second kappa shape index (κ2) is 3.65. The second-order valence-corrected chi connectivity index (χ2v) is 3.59. The van der Waals surface area contributed by atoms with Crippen molar-refractivity contribution in [3.63, 3.8) is 0 Å². The van der Waals surface area contributed by atoms with Crippen molar-refractivity contribution in [2.45, 2.75) is 6.92 Å². The minimum absolute atomic E-state index is 0.259. The summed E-state index contributed by atoms with van der Waals surface area (Å²) in [7, 11) is 0. The normalized spacial score (nSPS) is 10.2. The smallest absolute Gasteiger partial charge is 0.116 e. The van der Waals surface area contributed by atoms with Gasteiger partial charge in [0.15, 0.2) is 0 Å². The number of aromatic hydroxyl groups is 1. The van der Waals surface area contributed by atoms with Crippen LogP contribution in [0.4, 0.5) is 5.69 Å². The molecular formula is C13H13NO. The van der Waals surface area contributed by atoms with Gasteiger partial charge in [0, 0.05) is 11.3 Å². The Morgan fingerprint density at radius 3 is 2.47 bits per heavy atom. The van der Waals surface area contributed by atoms with Crippen molar-refractivity contribution in [2.75, 3.05) is 5.73 Å². The molecule has 0 radical (unpaired) electrons. The lowest BCUT2D eigenvalue weighted by molar-refractivity contribution is 0.475. The van der Waals surface area contributed by atoms with Crippen LogP contribution in [0.1, 0.15) is 5.56 Å². The summed E-state index contributed by atoms with van der Waals surface area (Å²) in [4.78, 5) is 0. The Hall–Kier alpha value is -1.96. The first-order valence-electron chi connectivity index (χ1n) is 4.83. The third kappa shape index (κ3) is 1.79. The molecule has 0 unspecified atom stereocenters. The van der Waals surface area contributed by atoms with Gasteiger partial charge in [-0.05, 0) is 36.2 Å². The fraction of sp³-hybridized carbons (Fsp3) is 0.0769. The summed E-state index contributed by atoms with van der Waals surface area (Å²) in [6.45, 7) is 2.01. The third-order valence-corrected chi connectivity index (χ3v) is 2.44. The summed E-state index contributed by atoms with van der Waals surface area (Å²) in [5, 5.41) is 9.42. The molecule has 0 heterocycles. The number of benzene rings is 2. The van der Waals surface area contributed by atoms with Gasteiger partial charge >= 0.3 is 0 Å². The molecule has 2 rings (SSSR count). The van der Waals surface area contributed by atoms with E-state index < -0.39 is 0 Å². The molecule has 76 valence electrons. The van der Waals surface area contributed by atoms with Crippen LogP contribution in [0, 0.1) is 6.92 Å². The fourth-order valence-electron chi connectivity index (χ4n) is 1.75. The summed E-state index contributed by atoms with van der Waals surface area (Å²) < 4.78 is 0. The van der Waals surface area contributed by atoms with Crippen LogP contribution in [0.15, 0.2) is 42.5 Å². The summed E-state index contributed by atoms with van der Waals surface area (Å²) in [6.07, 6.45) is 0. The Morgan fingerprint density at radius 1 is 1.07 bits per heavy atom. The number of hydrogen-bond donors (Lipinski definition) is 2. The van der Waals surface area contributed by atoms with E-state index in [2.05, 4.69) is 0 Å². The lowest BCUT2D eigenvalue weighted by atomic mass is 9.99. The fourth-order valence-corrected chi connectivity index (χ4v) is 1.75. The van der Waals surface area contributed by atoms with Crippen LogP contribution in [0.5, 0.6) is 5.75 Å². The molecule has 2 heteroatoms. The van der Waals surface area contributed by atoms with Crippen molar-refractivity contribution in [3.8, 4) is 16.9 Å². The Balaban J connectivity index is 2.63. The minimum Gasteiger partial charge on any atom is -0.508 e. The summed E-state index contributed by atoms with van der Waals surface area (Å²) in [6, 6.07) is 12.9. The molecule has 0 aliphatic carbocycles. The minimum atomic E-state index is 0.259. The molecule has 0 spiro atoms. The number of phenols is 1. The van der Waals surface area contributed by atoms with Crippen molar-refractivity contribution in [1.82, 2.24) is 0 Å². The van der Waals surface area contributed by atoms with E-state index in [1.54, 1.807) is 12.1 Å². The number of hydrogen-bond acceptors (Lipinski definition) is 2. The highest BCUT2D eigenvalue weighted by Crippen LogP contribution is 2.30. The molecule has 2 aromatic rings. The van der Waals surface area contributed by atoms with Crippen molar-refractivity contribution < 1.29 is 5.11 Å². The number of anilines is 1. The molecule has 2 aromatic carbocycles. The molecule has 3 N–H and O–H groups in total. The van der Waals surface area contributed by atoms with E-state index in [9.17, 15) is 5.11 Å². The van der Waals surface area contributed by atoms with Gasteiger partial charge in [-0.1, -0.05) is 24.3 Å². The molecule has 0 fully saturated rings. The van der Waals surface area contributed by atoms with Crippen molar-refractivity contribution in [2.24, 2.45) is 0 Å². The largest absolute Gasteiger partial charge is 0.508 e. The third-order valence-electron chi connectivity index (χ3n) is 2.44. The number of nitrogens with two attached hydrogens (primary N) is 1. The van der Waals surface area contributed by atoms with E-state index in [0.29, 0.717) is 0 Å². The quantitative estimate of drug-likeness (QED) is 0.693. The molecule has 15 heavy (non-hydrogen) atoms. The average molecular weight is 199 g/mol. The molecule has 0 saturated carbocycles. The highest BCUT2D eigenvalue weighted by atomic mass is 16.3. The molecule has 0 atom stereocenters. The van der Waals surface area contributed by atoms with Crippen LogP contribution >= 0.6 is 0 Å². The first kappa shape index (κ1) is 9.59. The standard InChI is InChI=1S/C13H13NO/c1-9-4-2-7-12(14)13(9)10-5-3-6-11(15)8-10/h2-8,15H,14H2,1H3. The maximum Gasteiger partial charge on any atom is 0.116 e. The van der Waals surface area contributed by atoms with Gasteiger partial charge in [0.2, 0.25) is 0 Å². The van der Waals surface area contributed by atoms with Crippen molar-refractivity contribution >= 4 is 5.69 Å². The van der Waals surface area contributed by atoms with E-state index in [1.165, 1.54) is 0 Å². The summed E-state index contributed by atoms with van der Waals surface area (Å²) >= 11 is 0. The molecule has 0 saturated heterocycles. The van der Waals surface area contributed by atoms with Gasteiger partial charge in [0.25, 0.3) is 0 Å². The van der Waals surface area contributed by atoms with Gasteiger partial charge in [0.1, 0.15) is 5.75 Å². The first-order chi connectivity index (χ1) is 7.18. The lowest BCUT2D eigenvalue weighted by Crippen LogP contribution is -1.92. The molecule has 0 amide bonds. The molecule has 0 aliphatic rings. The van der Waals surface area contributed by atoms with E-state index in [4.69, 9.17) is 5.73 Å². The molecule has 0 aliphatic heterocycles. The van der Waals surface area contributed by atoms with Gasteiger partial charge in [-0.25, -0.2) is 0 Å². The molecular weight excluding hydrogens is 186 g/mol. The number of nitrogen functional groups attached to an aromatic ring is 1. The molecule has 0 aromatic heterocycles. The number of aryl methyl sites for hydroxylation is 1. The van der Waals surface area contributed by atoms with Crippen LogP contribution in [0.3, 0.4) is 0 Å². The zero-order chi connectivity index (χ0) is 10.8. The number of rotatable bonds is 1. The van der Waals surface area contributed by atoms with Gasteiger partial charge in [-0.15, -0.1) is 0 Å². The highest BCUT2D eigenvalue weighted by Gasteiger charge is 2.05. The van der Waals surface area contributed by atoms with Crippen molar-refractivity contribution in [3.05, 3.63) is 48.0 Å². The summed E-state index contributed by atoms with van der Waals surface area (Å²) in [5.41, 5.74) is 9.71. The average Bonchev–Trinajstić information content (AvgIpc) is 2.17. The Kier molecular flexibility index (Phi) is 2.34. The van der Waals surface area contributed by atoms with Crippen LogP contribution in [-0.4, -0.2) is 5.11 Å². The van der Waals surface area contributed by atoms with E-state index in [-0.39, 0.29) is 5.75 Å². The maximum absolute atomic E-state index is 9.42. The highest BCUT2D eigenvalue weighted by molar-refractivity contribution is 5.79. The van der Waals surface area contributed by atoms with Gasteiger partial charge < -0.3 is 10.8 Å². The molecule has 2 nitrogen and oxygen atoms in total. The SMILES string of the molecule is Cc1cccc(N)c1-c1cccc(O)c1. The zero-order valence-electron chi connectivity index (χ0n) is 8.57. The second-order valence-electron chi connectivity index (χ2n) is 3.59. The Labute approximate surface area is 89.0 Å². The molecule has 0 bridgehead atoms. The summed E-state index contributed by atoms with van der Waals surface area (Å²) in [5.74, 6) is 0.259. The Morgan fingerprint density at radius 2 is 1.80 bits per heavy atom.